The van der Waals surface area contributed by atoms with E-state index < -0.39 is 4.87 Å². The lowest BCUT2D eigenvalue weighted by Gasteiger charge is -2.35. The van der Waals surface area contributed by atoms with Gasteiger partial charge in [0.1, 0.15) is 0 Å². The van der Waals surface area contributed by atoms with Crippen LogP contribution >= 0.6 is 11.6 Å². The molecule has 1 aromatic rings. The molecule has 0 aromatic heterocycles. The molecule has 0 aliphatic rings. The van der Waals surface area contributed by atoms with Gasteiger partial charge in [0.05, 0.1) is 4.87 Å². The number of hydrogen-bond donors (Lipinski definition) is 2. The maximum atomic E-state index is 9.56. The molecular formula is C23H39ClO2. The average Bonchev–Trinajstić information content (AvgIpc) is 2.64. The van der Waals surface area contributed by atoms with Crippen LogP contribution in [0.3, 0.4) is 0 Å². The topological polar surface area (TPSA) is 40.5 Å². The molecule has 0 heterocycles. The van der Waals surface area contributed by atoms with E-state index in [4.69, 9.17) is 11.6 Å². The summed E-state index contributed by atoms with van der Waals surface area (Å²) in [7, 11) is 0. The highest BCUT2D eigenvalue weighted by Gasteiger charge is 2.35. The highest BCUT2D eigenvalue weighted by Crippen LogP contribution is 2.38. The second-order valence-electron chi connectivity index (χ2n) is 7.64. The molecule has 2 atom stereocenters. The van der Waals surface area contributed by atoms with Crippen molar-refractivity contribution < 1.29 is 10.2 Å². The molecule has 26 heavy (non-hydrogen) atoms. The lowest BCUT2D eigenvalue weighted by atomic mass is 9.79. The maximum Gasteiger partial charge on any atom is 0.0537 e. The second kappa shape index (κ2) is 14.5. The third kappa shape index (κ3) is 9.39. The number of alkyl halides is 1. The van der Waals surface area contributed by atoms with Gasteiger partial charge in [0, 0.05) is 13.2 Å². The smallest absolute Gasteiger partial charge is 0.0537 e. The summed E-state index contributed by atoms with van der Waals surface area (Å²) in [6.45, 7) is 2.51. The van der Waals surface area contributed by atoms with E-state index >= 15 is 0 Å². The van der Waals surface area contributed by atoms with Crippen LogP contribution in [0, 0.1) is 5.92 Å². The van der Waals surface area contributed by atoms with Crippen LogP contribution in [0.25, 0.3) is 0 Å². The zero-order valence-corrected chi connectivity index (χ0v) is 17.4. The monoisotopic (exact) mass is 382 g/mol. The molecule has 2 N–H and O–H groups in total. The molecule has 0 bridgehead atoms. The van der Waals surface area contributed by atoms with Crippen LogP contribution in [-0.4, -0.2) is 28.3 Å². The Labute approximate surface area is 166 Å². The zero-order chi connectivity index (χ0) is 19.1. The maximum absolute atomic E-state index is 9.56. The molecule has 0 radical (unpaired) electrons. The van der Waals surface area contributed by atoms with Crippen molar-refractivity contribution in [1.82, 2.24) is 0 Å². The zero-order valence-electron chi connectivity index (χ0n) is 16.6. The van der Waals surface area contributed by atoms with Crippen LogP contribution < -0.4 is 0 Å². The van der Waals surface area contributed by atoms with E-state index in [0.29, 0.717) is 12.8 Å². The number of benzene rings is 1. The number of hydrogen-bond acceptors (Lipinski definition) is 2. The van der Waals surface area contributed by atoms with Crippen molar-refractivity contribution in [2.45, 2.75) is 88.8 Å². The van der Waals surface area contributed by atoms with Gasteiger partial charge < -0.3 is 10.2 Å². The van der Waals surface area contributed by atoms with Gasteiger partial charge in [0.15, 0.2) is 0 Å². The van der Waals surface area contributed by atoms with Crippen LogP contribution in [0.2, 0.25) is 0 Å². The van der Waals surface area contributed by atoms with Gasteiger partial charge in [-0.1, -0.05) is 88.6 Å². The minimum atomic E-state index is -0.472. The van der Waals surface area contributed by atoms with Crippen molar-refractivity contribution in [3.8, 4) is 0 Å². The molecule has 1 rings (SSSR count). The van der Waals surface area contributed by atoms with Gasteiger partial charge in [-0.25, -0.2) is 0 Å². The standard InChI is InChI=1S/C23H39ClO2/c1-2-3-4-5-6-7-8-12-15-22(16-18-25)23(24,17-19-26)20-21-13-10-9-11-14-21/h9-11,13-14,22,25-26H,2-8,12,15-20H2,1H3. The first-order valence-corrected chi connectivity index (χ1v) is 11.0. The summed E-state index contributed by atoms with van der Waals surface area (Å²) >= 11 is 7.04. The Balaban J connectivity index is 2.51. The molecule has 0 fully saturated rings. The number of unbranched alkanes of at least 4 members (excludes halogenated alkanes) is 7. The Kier molecular flexibility index (Phi) is 13.1. The average molecular weight is 383 g/mol. The van der Waals surface area contributed by atoms with Crippen molar-refractivity contribution in [2.75, 3.05) is 13.2 Å². The van der Waals surface area contributed by atoms with Crippen molar-refractivity contribution in [3.63, 3.8) is 0 Å². The van der Waals surface area contributed by atoms with Crippen LogP contribution in [0.15, 0.2) is 30.3 Å². The highest BCUT2D eigenvalue weighted by molar-refractivity contribution is 6.24. The summed E-state index contributed by atoms with van der Waals surface area (Å²) in [6.07, 6.45) is 13.5. The van der Waals surface area contributed by atoms with Gasteiger partial charge in [0.2, 0.25) is 0 Å². The fourth-order valence-corrected chi connectivity index (χ4v) is 4.36. The third-order valence-corrected chi connectivity index (χ3v) is 6.11. The van der Waals surface area contributed by atoms with Gasteiger partial charge >= 0.3 is 0 Å². The molecule has 0 saturated heterocycles. The minimum absolute atomic E-state index is 0.0929. The first-order chi connectivity index (χ1) is 12.7. The Morgan fingerprint density at radius 2 is 1.46 bits per heavy atom. The van der Waals surface area contributed by atoms with Crippen LogP contribution in [0.1, 0.15) is 83.1 Å². The highest BCUT2D eigenvalue weighted by atomic mass is 35.5. The molecule has 0 aliphatic heterocycles. The quantitative estimate of drug-likeness (QED) is 0.267. The van der Waals surface area contributed by atoms with Gasteiger partial charge in [-0.2, -0.15) is 0 Å². The lowest BCUT2D eigenvalue weighted by Crippen LogP contribution is -2.36. The SMILES string of the molecule is CCCCCCCCCCC(CCO)C(Cl)(CCO)Cc1ccccc1. The largest absolute Gasteiger partial charge is 0.396 e. The summed E-state index contributed by atoms with van der Waals surface area (Å²) in [5.74, 6) is 0.238. The van der Waals surface area contributed by atoms with E-state index in [-0.39, 0.29) is 19.1 Å². The van der Waals surface area contributed by atoms with Crippen LogP contribution in [0.5, 0.6) is 0 Å². The second-order valence-corrected chi connectivity index (χ2v) is 8.40. The molecule has 0 aliphatic carbocycles. The molecule has 2 unspecified atom stereocenters. The molecule has 2 nitrogen and oxygen atoms in total. The Bertz CT molecular complexity index is 437. The molecule has 3 heteroatoms. The molecule has 1 aromatic carbocycles. The van der Waals surface area contributed by atoms with Crippen molar-refractivity contribution >= 4 is 11.6 Å². The Morgan fingerprint density at radius 1 is 0.846 bits per heavy atom. The summed E-state index contributed by atoms with van der Waals surface area (Å²) in [4.78, 5) is -0.472. The Morgan fingerprint density at radius 3 is 2.04 bits per heavy atom. The molecular weight excluding hydrogens is 344 g/mol. The molecule has 0 saturated carbocycles. The number of aliphatic hydroxyl groups excluding tert-OH is 2. The third-order valence-electron chi connectivity index (χ3n) is 5.48. The lowest BCUT2D eigenvalue weighted by molar-refractivity contribution is 0.187. The van der Waals surface area contributed by atoms with E-state index in [2.05, 4.69) is 19.1 Å². The van der Waals surface area contributed by atoms with E-state index in [9.17, 15) is 10.2 Å². The summed E-state index contributed by atoms with van der Waals surface area (Å²) in [6, 6.07) is 10.3. The van der Waals surface area contributed by atoms with Crippen LogP contribution in [0.4, 0.5) is 0 Å². The summed E-state index contributed by atoms with van der Waals surface area (Å²) in [5.41, 5.74) is 1.20. The van der Waals surface area contributed by atoms with Gasteiger partial charge in [-0.15, -0.1) is 11.6 Å². The normalized spacial score (nSPS) is 14.9. The first kappa shape index (κ1) is 23.5. The van der Waals surface area contributed by atoms with E-state index in [1.54, 1.807) is 0 Å². The first-order valence-electron chi connectivity index (χ1n) is 10.6. The van der Waals surface area contributed by atoms with E-state index in [1.165, 1.54) is 50.5 Å². The fraction of sp³-hybridized carbons (Fsp3) is 0.739. The predicted octanol–water partition coefficient (Wildman–Crippen LogP) is 6.12. The van der Waals surface area contributed by atoms with Crippen molar-refractivity contribution in [2.24, 2.45) is 5.92 Å². The number of halogens is 1. The number of rotatable bonds is 16. The fourth-order valence-electron chi connectivity index (χ4n) is 3.90. The molecule has 150 valence electrons. The number of aliphatic hydroxyl groups is 2. The van der Waals surface area contributed by atoms with Gasteiger partial charge in [-0.05, 0) is 37.2 Å². The van der Waals surface area contributed by atoms with Gasteiger partial charge in [0.25, 0.3) is 0 Å². The van der Waals surface area contributed by atoms with E-state index in [0.717, 1.165) is 19.3 Å². The van der Waals surface area contributed by atoms with Gasteiger partial charge in [-0.3, -0.25) is 0 Å². The molecule has 0 amide bonds. The summed E-state index contributed by atoms with van der Waals surface area (Å²) < 4.78 is 0. The Hall–Kier alpha value is -0.570. The van der Waals surface area contributed by atoms with E-state index in [1.807, 2.05) is 18.2 Å². The minimum Gasteiger partial charge on any atom is -0.396 e. The van der Waals surface area contributed by atoms with Crippen molar-refractivity contribution in [1.29, 1.82) is 0 Å². The predicted molar refractivity (Wildman–Crippen MR) is 113 cm³/mol. The molecule has 0 spiro atoms. The van der Waals surface area contributed by atoms with Crippen molar-refractivity contribution in [3.05, 3.63) is 35.9 Å². The summed E-state index contributed by atoms with van der Waals surface area (Å²) in [5, 5.41) is 19.1. The van der Waals surface area contributed by atoms with Crippen LogP contribution in [-0.2, 0) is 6.42 Å².